The fraction of sp³-hybridized carbons (Fsp3) is 0.273. The first-order valence-electron chi connectivity index (χ1n) is 5.03. The molecule has 1 N–H and O–H groups in total. The van der Waals surface area contributed by atoms with E-state index in [4.69, 9.17) is 27.9 Å². The Kier molecular flexibility index (Phi) is 5.74. The summed E-state index contributed by atoms with van der Waals surface area (Å²) in [6, 6.07) is 5.07. The van der Waals surface area contributed by atoms with E-state index in [-0.39, 0.29) is 18.9 Å². The van der Waals surface area contributed by atoms with E-state index in [1.807, 2.05) is 6.92 Å². The maximum absolute atomic E-state index is 11.4. The molecule has 0 fully saturated rings. The van der Waals surface area contributed by atoms with E-state index in [0.717, 1.165) is 5.56 Å². The van der Waals surface area contributed by atoms with E-state index in [2.05, 4.69) is 10.1 Å². The number of ether oxygens (including phenoxy) is 2. The number of amides is 1. The van der Waals surface area contributed by atoms with Gasteiger partial charge in [-0.2, -0.15) is 0 Å². The smallest absolute Gasteiger partial charge is 0.412 e. The molecule has 0 aliphatic carbocycles. The fourth-order valence-corrected chi connectivity index (χ4v) is 1.34. The number of aryl methyl sites for hydroxylation is 1. The van der Waals surface area contributed by atoms with E-state index in [1.165, 1.54) is 0 Å². The summed E-state index contributed by atoms with van der Waals surface area (Å²) in [7, 11) is 0. The van der Waals surface area contributed by atoms with Crippen molar-refractivity contribution in [3.05, 3.63) is 28.8 Å². The van der Waals surface area contributed by atoms with Gasteiger partial charge in [0.15, 0.2) is 5.75 Å². The van der Waals surface area contributed by atoms with Gasteiger partial charge < -0.3 is 14.8 Å². The second-order valence-electron chi connectivity index (χ2n) is 3.34. The second-order valence-corrected chi connectivity index (χ2v) is 4.05. The summed E-state index contributed by atoms with van der Waals surface area (Å²) in [4.78, 5) is 21.6. The Morgan fingerprint density at radius 3 is 2.78 bits per heavy atom. The first-order valence-corrected chi connectivity index (χ1v) is 5.78. The standard InChI is InChI=1S/C11H11Cl2NO4/c1-7-2-3-8(12)9(6-7)18-11(16)14-4-5-17-10(13)15/h2-3,6H,4-5H2,1H3,(H,14,16). The molecule has 18 heavy (non-hydrogen) atoms. The van der Waals surface area contributed by atoms with Gasteiger partial charge in [-0.15, -0.1) is 0 Å². The molecule has 0 aliphatic heterocycles. The van der Waals surface area contributed by atoms with Crippen LogP contribution in [-0.2, 0) is 4.74 Å². The molecular weight excluding hydrogens is 281 g/mol. The zero-order valence-corrected chi connectivity index (χ0v) is 11.0. The highest BCUT2D eigenvalue weighted by Gasteiger charge is 2.08. The summed E-state index contributed by atoms with van der Waals surface area (Å²) in [5.41, 5.74) is -0.00911. The highest BCUT2D eigenvalue weighted by molar-refractivity contribution is 6.61. The van der Waals surface area contributed by atoms with Crippen molar-refractivity contribution in [3.8, 4) is 5.75 Å². The second kappa shape index (κ2) is 7.08. The average molecular weight is 292 g/mol. The van der Waals surface area contributed by atoms with Crippen LogP contribution in [0.1, 0.15) is 5.56 Å². The predicted octanol–water partition coefficient (Wildman–Crippen LogP) is 3.11. The Balaban J connectivity index is 2.40. The first kappa shape index (κ1) is 14.6. The van der Waals surface area contributed by atoms with Crippen LogP contribution < -0.4 is 10.1 Å². The highest BCUT2D eigenvalue weighted by atomic mass is 35.5. The van der Waals surface area contributed by atoms with Crippen LogP contribution in [0.5, 0.6) is 5.75 Å². The van der Waals surface area contributed by atoms with Gasteiger partial charge in [-0.3, -0.25) is 0 Å². The lowest BCUT2D eigenvalue weighted by Crippen LogP contribution is -2.30. The molecule has 98 valence electrons. The number of rotatable bonds is 4. The van der Waals surface area contributed by atoms with Gasteiger partial charge in [0.1, 0.15) is 6.61 Å². The van der Waals surface area contributed by atoms with Gasteiger partial charge in [0.05, 0.1) is 11.6 Å². The molecule has 0 saturated heterocycles. The largest absolute Gasteiger partial charge is 0.452 e. The van der Waals surface area contributed by atoms with Crippen LogP contribution in [0.3, 0.4) is 0 Å². The van der Waals surface area contributed by atoms with E-state index < -0.39 is 11.5 Å². The van der Waals surface area contributed by atoms with E-state index in [9.17, 15) is 9.59 Å². The Morgan fingerprint density at radius 2 is 2.11 bits per heavy atom. The predicted molar refractivity (Wildman–Crippen MR) is 67.4 cm³/mol. The van der Waals surface area contributed by atoms with Crippen molar-refractivity contribution in [1.29, 1.82) is 0 Å². The highest BCUT2D eigenvalue weighted by Crippen LogP contribution is 2.25. The summed E-state index contributed by atoms with van der Waals surface area (Å²) in [6.45, 7) is 1.92. The Bertz CT molecular complexity index is 451. The van der Waals surface area contributed by atoms with Crippen LogP contribution in [0, 0.1) is 6.92 Å². The van der Waals surface area contributed by atoms with Crippen LogP contribution in [0.15, 0.2) is 18.2 Å². The lowest BCUT2D eigenvalue weighted by molar-refractivity contribution is 0.168. The van der Waals surface area contributed by atoms with E-state index in [1.54, 1.807) is 18.2 Å². The van der Waals surface area contributed by atoms with Crippen molar-refractivity contribution >= 4 is 34.7 Å². The zero-order chi connectivity index (χ0) is 13.5. The SMILES string of the molecule is Cc1ccc(Cl)c(OC(=O)NCCOC(=O)Cl)c1. The zero-order valence-electron chi connectivity index (χ0n) is 9.54. The minimum atomic E-state index is -0.924. The van der Waals surface area contributed by atoms with Gasteiger partial charge in [0.25, 0.3) is 0 Å². The molecule has 1 amide bonds. The molecule has 1 rings (SSSR count). The Labute approximate surface area is 114 Å². The van der Waals surface area contributed by atoms with E-state index >= 15 is 0 Å². The third-order valence-corrected chi connectivity index (χ3v) is 2.30. The summed E-state index contributed by atoms with van der Waals surface area (Å²) < 4.78 is 9.39. The molecule has 0 heterocycles. The van der Waals surface area contributed by atoms with Crippen LogP contribution in [0.4, 0.5) is 9.59 Å². The molecule has 0 bridgehead atoms. The van der Waals surface area contributed by atoms with Crippen molar-refractivity contribution in [1.82, 2.24) is 5.32 Å². The monoisotopic (exact) mass is 291 g/mol. The number of hydrogen-bond donors (Lipinski definition) is 1. The summed E-state index contributed by atoms with van der Waals surface area (Å²) in [5.74, 6) is 0.267. The molecule has 1 aromatic rings. The maximum atomic E-state index is 11.4. The average Bonchev–Trinajstić information content (AvgIpc) is 2.29. The molecule has 0 radical (unpaired) electrons. The van der Waals surface area contributed by atoms with Crippen molar-refractivity contribution in [2.24, 2.45) is 0 Å². The molecule has 0 saturated carbocycles. The van der Waals surface area contributed by atoms with Gasteiger partial charge in [-0.1, -0.05) is 17.7 Å². The van der Waals surface area contributed by atoms with Crippen molar-refractivity contribution < 1.29 is 19.1 Å². The van der Waals surface area contributed by atoms with Gasteiger partial charge in [0.2, 0.25) is 0 Å². The van der Waals surface area contributed by atoms with Crippen LogP contribution in [0.25, 0.3) is 0 Å². The van der Waals surface area contributed by atoms with Gasteiger partial charge in [-0.05, 0) is 24.6 Å². The third kappa shape index (κ3) is 5.25. The molecule has 0 unspecified atom stereocenters. The van der Waals surface area contributed by atoms with Gasteiger partial charge in [0, 0.05) is 11.6 Å². The molecule has 1 aromatic carbocycles. The maximum Gasteiger partial charge on any atom is 0.412 e. The van der Waals surface area contributed by atoms with Crippen LogP contribution in [-0.4, -0.2) is 24.7 Å². The number of carbonyl (C=O) groups is 2. The van der Waals surface area contributed by atoms with Crippen molar-refractivity contribution in [2.75, 3.05) is 13.2 Å². The molecular formula is C11H11Cl2NO4. The summed E-state index contributed by atoms with van der Waals surface area (Å²) in [6.07, 6.45) is -0.687. The number of halogens is 2. The van der Waals surface area contributed by atoms with Gasteiger partial charge in [-0.25, -0.2) is 9.59 Å². The Hall–Kier alpha value is -1.46. The van der Waals surface area contributed by atoms with Crippen LogP contribution >= 0.6 is 23.2 Å². The minimum absolute atomic E-state index is 0.0288. The molecule has 5 nitrogen and oxygen atoms in total. The normalized spacial score (nSPS) is 9.72. The number of benzene rings is 1. The van der Waals surface area contributed by atoms with Crippen LogP contribution in [0.2, 0.25) is 5.02 Å². The van der Waals surface area contributed by atoms with Crippen molar-refractivity contribution in [3.63, 3.8) is 0 Å². The molecule has 7 heteroatoms. The summed E-state index contributed by atoms with van der Waals surface area (Å²) in [5, 5.41) is 2.71. The molecule has 0 aromatic heterocycles. The fourth-order valence-electron chi connectivity index (χ4n) is 1.11. The van der Waals surface area contributed by atoms with Gasteiger partial charge >= 0.3 is 11.5 Å². The number of hydrogen-bond acceptors (Lipinski definition) is 4. The number of nitrogens with one attached hydrogen (secondary N) is 1. The summed E-state index contributed by atoms with van der Waals surface area (Å²) >= 11 is 10.8. The molecule has 0 aliphatic rings. The lowest BCUT2D eigenvalue weighted by Gasteiger charge is -2.08. The first-order chi connectivity index (χ1) is 8.49. The minimum Gasteiger partial charge on any atom is -0.452 e. The Morgan fingerprint density at radius 1 is 1.39 bits per heavy atom. The quantitative estimate of drug-likeness (QED) is 0.684. The topological polar surface area (TPSA) is 64.6 Å². The molecule has 0 atom stereocenters. The number of carbonyl (C=O) groups excluding carboxylic acids is 2. The van der Waals surface area contributed by atoms with Crippen molar-refractivity contribution in [2.45, 2.75) is 6.92 Å². The van der Waals surface area contributed by atoms with E-state index in [0.29, 0.717) is 5.02 Å². The lowest BCUT2D eigenvalue weighted by atomic mass is 10.2. The third-order valence-electron chi connectivity index (χ3n) is 1.88. The molecule has 0 spiro atoms.